The number of ketones is 1. The Morgan fingerprint density at radius 2 is 1.73 bits per heavy atom. The maximum absolute atomic E-state index is 11.8. The van der Waals surface area contributed by atoms with Gasteiger partial charge in [-0.3, -0.25) is 9.59 Å². The van der Waals surface area contributed by atoms with Gasteiger partial charge in [-0.2, -0.15) is 0 Å². The van der Waals surface area contributed by atoms with E-state index in [1.54, 1.807) is 0 Å². The first kappa shape index (κ1) is 10.9. The Morgan fingerprint density at radius 3 is 2.20 bits per heavy atom. The second kappa shape index (κ2) is 3.48. The van der Waals surface area contributed by atoms with Crippen molar-refractivity contribution in [3.8, 4) is 0 Å². The Bertz CT molecular complexity index is 273. The number of carbonyl (C=O) groups excluding carboxylic acids is 2. The molecule has 0 heterocycles. The van der Waals surface area contributed by atoms with Crippen LogP contribution in [-0.2, 0) is 14.3 Å². The third-order valence-electron chi connectivity index (χ3n) is 4.17. The van der Waals surface area contributed by atoms with E-state index >= 15 is 0 Å². The maximum atomic E-state index is 11.8. The fraction of sp³-hybridized carbons (Fsp3) is 0.818. The molecule has 2 fully saturated rings. The summed E-state index contributed by atoms with van der Waals surface area (Å²) in [7, 11) is 1.42. The van der Waals surface area contributed by atoms with E-state index in [2.05, 4.69) is 0 Å². The minimum atomic E-state index is -0.379. The van der Waals surface area contributed by atoms with Gasteiger partial charge in [-0.1, -0.05) is 0 Å². The van der Waals surface area contributed by atoms with Crippen LogP contribution in [0.25, 0.3) is 0 Å². The second-order valence-electron chi connectivity index (χ2n) is 4.79. The molecule has 0 N–H and O–H groups in total. The van der Waals surface area contributed by atoms with Crippen LogP contribution in [0.5, 0.6) is 0 Å². The number of rotatable bonds is 3. The normalized spacial score (nSPS) is 38.0. The lowest BCUT2D eigenvalue weighted by atomic mass is 9.80. The summed E-state index contributed by atoms with van der Waals surface area (Å²) < 4.78 is 4.83. The predicted molar refractivity (Wildman–Crippen MR) is 55.7 cm³/mol. The van der Waals surface area contributed by atoms with Crippen LogP contribution in [0, 0.1) is 10.8 Å². The number of carbonyl (C=O) groups is 2. The third kappa shape index (κ3) is 1.40. The lowest BCUT2D eigenvalue weighted by molar-refractivity contribution is -0.152. The van der Waals surface area contributed by atoms with Gasteiger partial charge in [0.1, 0.15) is 0 Å². The Balaban J connectivity index is 2.21. The van der Waals surface area contributed by atoms with E-state index in [9.17, 15) is 9.59 Å². The molecular formula is C11H15ClO3. The highest BCUT2D eigenvalue weighted by molar-refractivity contribution is 6.28. The molecule has 3 nitrogen and oxygen atoms in total. The summed E-state index contributed by atoms with van der Waals surface area (Å²) in [5, 5.41) is 0. The van der Waals surface area contributed by atoms with Crippen LogP contribution >= 0.6 is 11.6 Å². The molecule has 2 aliphatic rings. The van der Waals surface area contributed by atoms with Crippen molar-refractivity contribution < 1.29 is 14.3 Å². The second-order valence-corrected chi connectivity index (χ2v) is 5.05. The number of methoxy groups -OCH3 is 1. The summed E-state index contributed by atoms with van der Waals surface area (Å²) in [5.41, 5.74) is -0.688. The molecule has 2 bridgehead atoms. The van der Waals surface area contributed by atoms with E-state index in [0.717, 1.165) is 25.7 Å². The minimum Gasteiger partial charge on any atom is -0.469 e. The van der Waals surface area contributed by atoms with Crippen LogP contribution < -0.4 is 0 Å². The topological polar surface area (TPSA) is 43.4 Å². The van der Waals surface area contributed by atoms with E-state index in [1.165, 1.54) is 7.11 Å². The highest BCUT2D eigenvalue weighted by Crippen LogP contribution is 2.62. The summed E-state index contributed by atoms with van der Waals surface area (Å²) in [6.07, 6.45) is 3.81. The zero-order chi connectivity index (χ0) is 11.1. The zero-order valence-corrected chi connectivity index (χ0v) is 9.60. The maximum Gasteiger partial charge on any atom is 0.311 e. The van der Waals surface area contributed by atoms with Gasteiger partial charge in [0.05, 0.1) is 18.4 Å². The van der Waals surface area contributed by atoms with Crippen molar-refractivity contribution in [1.29, 1.82) is 0 Å². The van der Waals surface area contributed by atoms with Gasteiger partial charge in [0, 0.05) is 5.41 Å². The number of hydrogen-bond acceptors (Lipinski definition) is 3. The Hall–Kier alpha value is -0.570. The summed E-state index contributed by atoms with van der Waals surface area (Å²) in [6.45, 7) is 0. The predicted octanol–water partition coefficient (Wildman–Crippen LogP) is 1.92. The van der Waals surface area contributed by atoms with Crippen molar-refractivity contribution in [3.63, 3.8) is 0 Å². The van der Waals surface area contributed by atoms with Gasteiger partial charge >= 0.3 is 5.97 Å². The number of halogens is 1. The molecule has 0 aliphatic heterocycles. The smallest absolute Gasteiger partial charge is 0.311 e. The molecule has 2 saturated carbocycles. The number of esters is 1. The number of hydrogen-bond donors (Lipinski definition) is 0. The van der Waals surface area contributed by atoms with Gasteiger partial charge in [-0.05, 0) is 32.1 Å². The minimum absolute atomic E-state index is 0.0667. The van der Waals surface area contributed by atoms with E-state index in [4.69, 9.17) is 16.3 Å². The molecule has 2 rings (SSSR count). The van der Waals surface area contributed by atoms with Crippen molar-refractivity contribution in [2.75, 3.05) is 13.0 Å². The molecule has 0 saturated heterocycles. The SMILES string of the molecule is COC(=O)C12CCC(C(=O)CCl)(CC1)C2. The molecule has 0 radical (unpaired) electrons. The first-order valence-electron chi connectivity index (χ1n) is 5.26. The first-order chi connectivity index (χ1) is 7.08. The van der Waals surface area contributed by atoms with Gasteiger partial charge in [-0.15, -0.1) is 11.6 Å². The lowest BCUT2D eigenvalue weighted by Crippen LogP contribution is -2.27. The molecule has 2 aliphatic carbocycles. The summed E-state index contributed by atoms with van der Waals surface area (Å²) in [4.78, 5) is 23.4. The van der Waals surface area contributed by atoms with Gasteiger partial charge in [-0.25, -0.2) is 0 Å². The van der Waals surface area contributed by atoms with Crippen LogP contribution in [0.15, 0.2) is 0 Å². The standard InChI is InChI=1S/C11H15ClO3/c1-15-9(14)11-4-2-10(7-11,3-5-11)8(13)6-12/h2-7H2,1H3. The number of alkyl halides is 1. The molecule has 84 valence electrons. The Kier molecular flexibility index (Phi) is 2.53. The fourth-order valence-electron chi connectivity index (χ4n) is 3.22. The largest absolute Gasteiger partial charge is 0.469 e. The summed E-state index contributed by atoms with van der Waals surface area (Å²) >= 11 is 5.61. The van der Waals surface area contributed by atoms with Gasteiger partial charge in [0.15, 0.2) is 5.78 Å². The van der Waals surface area contributed by atoms with Crippen molar-refractivity contribution in [2.45, 2.75) is 32.1 Å². The van der Waals surface area contributed by atoms with Crippen LogP contribution in [0.3, 0.4) is 0 Å². The molecule has 15 heavy (non-hydrogen) atoms. The monoisotopic (exact) mass is 230 g/mol. The molecule has 0 amide bonds. The van der Waals surface area contributed by atoms with Gasteiger partial charge < -0.3 is 4.74 Å². The molecule has 0 aromatic carbocycles. The van der Waals surface area contributed by atoms with Crippen molar-refractivity contribution in [2.24, 2.45) is 10.8 Å². The van der Waals surface area contributed by atoms with Gasteiger partial charge in [0.25, 0.3) is 0 Å². The fourth-order valence-corrected chi connectivity index (χ4v) is 3.50. The lowest BCUT2D eigenvalue weighted by Gasteiger charge is -2.24. The number of Topliss-reactive ketones (excluding diaryl/α,β-unsaturated/α-hetero) is 1. The number of fused-ring (bicyclic) bond motifs is 2. The molecule has 0 atom stereocenters. The molecule has 0 aromatic rings. The molecule has 0 aromatic heterocycles. The van der Waals surface area contributed by atoms with E-state index in [-0.39, 0.29) is 28.5 Å². The van der Waals surface area contributed by atoms with E-state index in [1.807, 2.05) is 0 Å². The van der Waals surface area contributed by atoms with Crippen molar-refractivity contribution in [1.82, 2.24) is 0 Å². The highest BCUT2D eigenvalue weighted by atomic mass is 35.5. The highest BCUT2D eigenvalue weighted by Gasteiger charge is 2.61. The van der Waals surface area contributed by atoms with Crippen LogP contribution in [0.2, 0.25) is 0 Å². The van der Waals surface area contributed by atoms with E-state index in [0.29, 0.717) is 6.42 Å². The van der Waals surface area contributed by atoms with Crippen LogP contribution in [0.4, 0.5) is 0 Å². The number of ether oxygens (including phenoxy) is 1. The molecule has 4 heteroatoms. The third-order valence-corrected chi connectivity index (χ3v) is 4.42. The Morgan fingerprint density at radius 1 is 1.20 bits per heavy atom. The average Bonchev–Trinajstić information content (AvgIpc) is 2.85. The molecular weight excluding hydrogens is 216 g/mol. The summed E-state index contributed by atoms with van der Waals surface area (Å²) in [6, 6.07) is 0. The van der Waals surface area contributed by atoms with Crippen molar-refractivity contribution >= 4 is 23.4 Å². The molecule has 0 unspecified atom stereocenters. The van der Waals surface area contributed by atoms with Gasteiger partial charge in [0.2, 0.25) is 0 Å². The van der Waals surface area contributed by atoms with Crippen LogP contribution in [-0.4, -0.2) is 24.7 Å². The average molecular weight is 231 g/mol. The van der Waals surface area contributed by atoms with Crippen molar-refractivity contribution in [3.05, 3.63) is 0 Å². The first-order valence-corrected chi connectivity index (χ1v) is 5.80. The van der Waals surface area contributed by atoms with E-state index < -0.39 is 0 Å². The zero-order valence-electron chi connectivity index (χ0n) is 8.85. The molecule has 0 spiro atoms. The quantitative estimate of drug-likeness (QED) is 0.550. The Labute approximate surface area is 94.1 Å². The van der Waals surface area contributed by atoms with Crippen LogP contribution in [0.1, 0.15) is 32.1 Å². The summed E-state index contributed by atoms with van der Waals surface area (Å²) in [5.74, 6) is 0.0220.